The maximum atomic E-state index is 13.5. The fraction of sp³-hybridized carbons (Fsp3) is 0.200. The van der Waals surface area contributed by atoms with E-state index in [0.717, 1.165) is 29.3 Å². The lowest BCUT2D eigenvalue weighted by Crippen LogP contribution is -2.71. The zero-order valence-corrected chi connectivity index (χ0v) is 23.8. The molecule has 216 valence electrons. The summed E-state index contributed by atoms with van der Waals surface area (Å²) in [6.45, 7) is 1.72. The monoisotopic (exact) mass is 628 g/mol. The molecule has 5 rings (SSSR count). The Labute approximate surface area is 249 Å². The molecule has 1 saturated heterocycles. The Morgan fingerprint density at radius 3 is 2.57 bits per heavy atom. The largest absolute Gasteiger partial charge is 0.504 e. The van der Waals surface area contributed by atoms with Crippen LogP contribution in [0.15, 0.2) is 52.7 Å². The normalized spacial score (nSPS) is 18.5. The van der Waals surface area contributed by atoms with Gasteiger partial charge in [-0.15, -0.1) is 22.0 Å². The summed E-state index contributed by atoms with van der Waals surface area (Å²) in [4.78, 5) is 67.8. The van der Waals surface area contributed by atoms with E-state index in [0.29, 0.717) is 10.0 Å². The van der Waals surface area contributed by atoms with Crippen LogP contribution in [0.25, 0.3) is 0 Å². The number of carboxylic acid groups (broad SMARTS) is 1. The number of carboxylic acids is 1. The summed E-state index contributed by atoms with van der Waals surface area (Å²) in [5.41, 5.74) is -0.964. The number of rotatable bonds is 8. The van der Waals surface area contributed by atoms with Gasteiger partial charge in [0.15, 0.2) is 21.9 Å². The fourth-order valence-corrected chi connectivity index (χ4v) is 6.81. The first-order valence-corrected chi connectivity index (χ1v) is 14.3. The van der Waals surface area contributed by atoms with Gasteiger partial charge in [0.05, 0.1) is 4.86 Å². The first kappa shape index (κ1) is 28.9. The van der Waals surface area contributed by atoms with Crippen molar-refractivity contribution in [3.8, 4) is 11.5 Å². The Kier molecular flexibility index (Phi) is 7.81. The number of pyridine rings is 1. The van der Waals surface area contributed by atoms with Crippen molar-refractivity contribution in [3.63, 3.8) is 0 Å². The van der Waals surface area contributed by atoms with Crippen molar-refractivity contribution in [1.82, 2.24) is 30.7 Å². The van der Waals surface area contributed by atoms with Crippen LogP contribution in [0.3, 0.4) is 0 Å². The van der Waals surface area contributed by atoms with Gasteiger partial charge in [0, 0.05) is 29.8 Å². The molecular formula is C25H20N6O8S3. The Balaban J connectivity index is 1.40. The van der Waals surface area contributed by atoms with Crippen LogP contribution in [-0.2, 0) is 14.4 Å². The van der Waals surface area contributed by atoms with Crippen LogP contribution >= 0.6 is 35.3 Å². The number of hydrogen-bond acceptors (Lipinski definition) is 12. The van der Waals surface area contributed by atoms with Gasteiger partial charge in [-0.2, -0.15) is 0 Å². The summed E-state index contributed by atoms with van der Waals surface area (Å²) >= 11 is 7.84. The Morgan fingerprint density at radius 2 is 1.93 bits per heavy atom. The Bertz CT molecular complexity index is 1750. The third-order valence-electron chi connectivity index (χ3n) is 6.40. The number of aromatic nitrogens is 3. The molecule has 0 aliphatic carbocycles. The molecule has 2 aliphatic heterocycles. The van der Waals surface area contributed by atoms with Gasteiger partial charge in [0.25, 0.3) is 11.8 Å². The van der Waals surface area contributed by atoms with Crippen LogP contribution in [0.5, 0.6) is 11.5 Å². The number of aromatic hydroxyl groups is 2. The number of thioether (sulfide) groups is 1. The highest BCUT2D eigenvalue weighted by Gasteiger charge is 2.55. The number of β-lactam (4-membered cyclic amide) rings is 1. The van der Waals surface area contributed by atoms with E-state index in [4.69, 9.17) is 12.2 Å². The number of carbonyl (C=O) groups is 4. The lowest BCUT2D eigenvalue weighted by Gasteiger charge is -2.49. The summed E-state index contributed by atoms with van der Waals surface area (Å²) in [6.07, 6.45) is 2.47. The summed E-state index contributed by atoms with van der Waals surface area (Å²) in [5.74, 6) is -4.83. The SMILES string of the molecule is Cc1nnc(C(=S)C2=C(C(=O)O)N3C(=O)C(NC(=O)C(NC(=O)c4c[nH]ccc4=O)c4ccc(O)c(O)c4)[C@@H]3SC2)s1. The number of aromatic amines is 1. The minimum absolute atomic E-state index is 0.0366. The van der Waals surface area contributed by atoms with E-state index in [-0.39, 0.29) is 33.0 Å². The maximum absolute atomic E-state index is 13.5. The maximum Gasteiger partial charge on any atom is 0.353 e. The van der Waals surface area contributed by atoms with Crippen LogP contribution in [0, 0.1) is 6.92 Å². The van der Waals surface area contributed by atoms with Crippen molar-refractivity contribution in [1.29, 1.82) is 0 Å². The van der Waals surface area contributed by atoms with E-state index < -0.39 is 58.1 Å². The quantitative estimate of drug-likeness (QED) is 0.0874. The molecule has 2 aliphatic rings. The molecule has 0 spiro atoms. The van der Waals surface area contributed by atoms with Crippen LogP contribution in [0.2, 0.25) is 0 Å². The first-order valence-electron chi connectivity index (χ1n) is 12.0. The standard InChI is InChI=1S/C25H20N6O8S3/c1-9-29-30-22(42-9)19(40)12-8-41-24-17(23(37)31(24)18(12)25(38)39)28-21(36)16(10-2-3-14(33)15(34)6-10)27-20(35)11-7-26-5-4-13(11)32/h2-7,16-17,24,33-34H,8H2,1H3,(H,26,32)(H,27,35)(H,28,36)(H,38,39)/t16?,17?,24-/m0/s1. The van der Waals surface area contributed by atoms with E-state index in [2.05, 4.69) is 25.8 Å². The van der Waals surface area contributed by atoms with Crippen LogP contribution in [0.4, 0.5) is 0 Å². The Hall–Kier alpha value is -4.61. The molecule has 3 aromatic rings. The number of fused-ring (bicyclic) bond motifs is 1. The number of nitrogens with one attached hydrogen (secondary N) is 3. The molecule has 0 radical (unpaired) electrons. The van der Waals surface area contributed by atoms with Gasteiger partial charge in [0.1, 0.15) is 33.7 Å². The van der Waals surface area contributed by atoms with Gasteiger partial charge in [-0.3, -0.25) is 24.1 Å². The molecule has 1 fully saturated rings. The average Bonchev–Trinajstić information content (AvgIpc) is 3.40. The van der Waals surface area contributed by atoms with Gasteiger partial charge < -0.3 is 30.9 Å². The van der Waals surface area contributed by atoms with Gasteiger partial charge in [-0.05, 0) is 24.6 Å². The molecule has 17 heteroatoms. The van der Waals surface area contributed by atoms with Crippen molar-refractivity contribution < 1.29 is 34.5 Å². The minimum atomic E-state index is -1.52. The number of benzene rings is 1. The zero-order valence-electron chi connectivity index (χ0n) is 21.4. The van der Waals surface area contributed by atoms with Gasteiger partial charge >= 0.3 is 5.97 Å². The van der Waals surface area contributed by atoms with Crippen LogP contribution in [-0.4, -0.2) is 81.1 Å². The summed E-state index contributed by atoms with van der Waals surface area (Å²) in [7, 11) is 0. The van der Waals surface area contributed by atoms with E-state index in [1.54, 1.807) is 6.92 Å². The molecule has 3 amide bonds. The van der Waals surface area contributed by atoms with Crippen molar-refractivity contribution in [2.75, 3.05) is 5.75 Å². The number of aliphatic carboxylic acids is 1. The molecule has 0 saturated carbocycles. The van der Waals surface area contributed by atoms with Gasteiger partial charge in [-0.1, -0.05) is 29.6 Å². The number of nitrogens with zero attached hydrogens (tertiary/aromatic N) is 3. The number of aryl methyl sites for hydroxylation is 1. The molecule has 14 nitrogen and oxygen atoms in total. The number of carbonyl (C=O) groups excluding carboxylic acids is 3. The highest BCUT2D eigenvalue weighted by atomic mass is 32.2. The molecule has 1 aromatic carbocycles. The molecule has 2 unspecified atom stereocenters. The van der Waals surface area contributed by atoms with Gasteiger partial charge in [-0.25, -0.2) is 4.79 Å². The number of phenolic OH excluding ortho intramolecular Hbond substituents is 2. The second kappa shape index (κ2) is 11.3. The lowest BCUT2D eigenvalue weighted by molar-refractivity contribution is -0.150. The van der Waals surface area contributed by atoms with Crippen molar-refractivity contribution >= 4 is 63.9 Å². The second-order valence-electron chi connectivity index (χ2n) is 9.06. The molecule has 0 bridgehead atoms. The number of hydrogen-bond donors (Lipinski definition) is 6. The van der Waals surface area contributed by atoms with Gasteiger partial charge in [0.2, 0.25) is 5.91 Å². The van der Waals surface area contributed by atoms with Crippen molar-refractivity contribution in [2.24, 2.45) is 0 Å². The highest BCUT2D eigenvalue weighted by molar-refractivity contribution is 8.00. The van der Waals surface area contributed by atoms with Crippen molar-refractivity contribution in [2.45, 2.75) is 24.4 Å². The minimum Gasteiger partial charge on any atom is -0.504 e. The third kappa shape index (κ3) is 5.24. The summed E-state index contributed by atoms with van der Waals surface area (Å²) in [6, 6.07) is 1.86. The smallest absolute Gasteiger partial charge is 0.353 e. The number of phenols is 2. The topological polar surface area (TPSA) is 215 Å². The number of H-pyrrole nitrogens is 1. The third-order valence-corrected chi connectivity index (χ3v) is 9.11. The first-order chi connectivity index (χ1) is 20.0. The van der Waals surface area contributed by atoms with E-state index in [1.165, 1.54) is 35.4 Å². The predicted molar refractivity (Wildman–Crippen MR) is 153 cm³/mol. The van der Waals surface area contributed by atoms with Crippen LogP contribution < -0.4 is 16.1 Å². The summed E-state index contributed by atoms with van der Waals surface area (Å²) in [5, 5.41) is 42.7. The Morgan fingerprint density at radius 1 is 1.17 bits per heavy atom. The number of amides is 3. The molecule has 6 N–H and O–H groups in total. The molecular weight excluding hydrogens is 609 g/mol. The molecule has 3 atom stereocenters. The molecule has 2 aromatic heterocycles. The van der Waals surface area contributed by atoms with Crippen molar-refractivity contribution in [3.05, 3.63) is 79.3 Å². The second-order valence-corrected chi connectivity index (χ2v) is 11.8. The predicted octanol–water partition coefficient (Wildman–Crippen LogP) is 0.574. The highest BCUT2D eigenvalue weighted by Crippen LogP contribution is 2.41. The molecule has 4 heterocycles. The van der Waals surface area contributed by atoms with Crippen LogP contribution in [0.1, 0.15) is 32.0 Å². The molecule has 42 heavy (non-hydrogen) atoms. The zero-order chi connectivity index (χ0) is 30.3. The average molecular weight is 629 g/mol. The number of thiocarbonyl (C=S) groups is 1. The fourth-order valence-electron chi connectivity index (χ4n) is 4.37. The van der Waals surface area contributed by atoms with E-state index in [1.807, 2.05) is 0 Å². The van der Waals surface area contributed by atoms with E-state index >= 15 is 0 Å². The lowest BCUT2D eigenvalue weighted by atomic mass is 9.99. The van der Waals surface area contributed by atoms with E-state index in [9.17, 15) is 39.3 Å². The summed E-state index contributed by atoms with van der Waals surface area (Å²) < 4.78 is 0.